The molecule has 0 spiro atoms. The molecule has 4 N–H and O–H groups in total. The van der Waals surface area contributed by atoms with E-state index in [-0.39, 0.29) is 17.6 Å². The van der Waals surface area contributed by atoms with Gasteiger partial charge in [0.05, 0.1) is 22.5 Å². The van der Waals surface area contributed by atoms with Crippen LogP contribution < -0.4 is 5.73 Å². The summed E-state index contributed by atoms with van der Waals surface area (Å²) < 4.78 is 2.23. The molecule has 3 aromatic heterocycles. The van der Waals surface area contributed by atoms with Crippen LogP contribution in [0.3, 0.4) is 0 Å². The average molecular weight is 544 g/mol. The molecule has 1 aromatic carbocycles. The van der Waals surface area contributed by atoms with Crippen molar-refractivity contribution < 1.29 is 5.11 Å². The van der Waals surface area contributed by atoms with Crippen LogP contribution in [0, 0.1) is 11.8 Å². The van der Waals surface area contributed by atoms with Gasteiger partial charge in [-0.15, -0.1) is 0 Å². The maximum absolute atomic E-state index is 10.7. The summed E-state index contributed by atoms with van der Waals surface area (Å²) in [6.07, 6.45) is 9.57. The summed E-state index contributed by atoms with van der Waals surface area (Å²) in [5, 5.41) is 11.6. The van der Waals surface area contributed by atoms with Crippen LogP contribution in [0.2, 0.25) is 0 Å². The molecule has 214 valence electrons. The molecule has 2 fully saturated rings. The second-order valence-electron chi connectivity index (χ2n) is 13.7. The van der Waals surface area contributed by atoms with E-state index in [0.29, 0.717) is 23.8 Å². The molecule has 0 bridgehead atoms. The van der Waals surface area contributed by atoms with Crippen molar-refractivity contribution in [1.29, 1.82) is 0 Å². The molecule has 40 heavy (non-hydrogen) atoms. The monoisotopic (exact) mass is 543 g/mol. The second kappa shape index (κ2) is 10.5. The molecule has 0 amide bonds. The minimum Gasteiger partial charge on any atom is -0.393 e. The van der Waals surface area contributed by atoms with Gasteiger partial charge < -0.3 is 20.4 Å². The number of H-pyrrole nitrogens is 1. The predicted molar refractivity (Wildman–Crippen MR) is 161 cm³/mol. The van der Waals surface area contributed by atoms with Gasteiger partial charge in [0, 0.05) is 37.3 Å². The van der Waals surface area contributed by atoms with Gasteiger partial charge in [-0.25, -0.2) is 15.0 Å². The predicted octanol–water partition coefficient (Wildman–Crippen LogP) is 5.62. The number of hydrogen-bond donors (Lipinski definition) is 3. The van der Waals surface area contributed by atoms with Gasteiger partial charge in [-0.2, -0.15) is 0 Å². The first-order valence-electron chi connectivity index (χ1n) is 15.1. The molecule has 3 heterocycles. The summed E-state index contributed by atoms with van der Waals surface area (Å²) in [4.78, 5) is 19.8. The third-order valence-corrected chi connectivity index (χ3v) is 9.50. The van der Waals surface area contributed by atoms with E-state index in [4.69, 9.17) is 10.7 Å². The molecule has 0 aliphatic heterocycles. The van der Waals surface area contributed by atoms with Crippen molar-refractivity contribution in [2.45, 2.75) is 103 Å². The Labute approximate surface area is 237 Å². The number of aryl methyl sites for hydroxylation is 1. The van der Waals surface area contributed by atoms with Crippen molar-refractivity contribution in [3.05, 3.63) is 48.2 Å². The number of fused-ring (bicyclic) bond motifs is 2. The van der Waals surface area contributed by atoms with E-state index in [1.54, 1.807) is 0 Å². The van der Waals surface area contributed by atoms with Crippen LogP contribution in [-0.4, -0.2) is 59.2 Å². The number of nitrogens with two attached hydrogens (primary N) is 1. The molecule has 2 aliphatic carbocycles. The summed E-state index contributed by atoms with van der Waals surface area (Å²) in [5.41, 5.74) is 10.7. The molecule has 0 saturated heterocycles. The first-order valence-corrected chi connectivity index (χ1v) is 15.1. The summed E-state index contributed by atoms with van der Waals surface area (Å²) >= 11 is 0. The smallest absolute Gasteiger partial charge is 0.145 e. The molecule has 8 nitrogen and oxygen atoms in total. The van der Waals surface area contributed by atoms with Gasteiger partial charge in [-0.05, 0) is 87.0 Å². The standard InChI is InChI=1S/C32H45N7O/c1-19(2)39(17-21-14-24(40)16-28(21)38-11-10-25-30(33)34-18-35-31(25)38)23-12-20(13-23)6-9-29-36-26-8-7-22(32(3,4)5)15-27(26)37-29/h7-8,10-11,15,18-21,23-24,28,40H,6,9,12-14,16-17H2,1-5H3,(H,36,37)(H2,33,34,35)/t20?,21-,23?,24+,28-/m1/s1. The van der Waals surface area contributed by atoms with Crippen LogP contribution in [0.1, 0.15) is 84.2 Å². The van der Waals surface area contributed by atoms with Gasteiger partial charge in [0.25, 0.3) is 0 Å². The number of benzene rings is 1. The summed E-state index contributed by atoms with van der Waals surface area (Å²) in [6, 6.07) is 9.92. The number of imidazole rings is 1. The van der Waals surface area contributed by atoms with Crippen molar-refractivity contribution in [2.75, 3.05) is 12.3 Å². The lowest BCUT2D eigenvalue weighted by molar-refractivity contribution is 0.0314. The number of nitrogens with zero attached hydrogens (tertiary/aromatic N) is 5. The third-order valence-electron chi connectivity index (χ3n) is 9.50. The maximum atomic E-state index is 10.7. The summed E-state index contributed by atoms with van der Waals surface area (Å²) in [7, 11) is 0. The molecule has 0 radical (unpaired) electrons. The highest BCUT2D eigenvalue weighted by Gasteiger charge is 2.40. The maximum Gasteiger partial charge on any atom is 0.145 e. The Morgan fingerprint density at radius 2 is 1.93 bits per heavy atom. The van der Waals surface area contributed by atoms with E-state index in [0.717, 1.165) is 59.6 Å². The molecule has 0 unspecified atom stereocenters. The van der Waals surface area contributed by atoms with E-state index in [1.807, 2.05) is 6.07 Å². The van der Waals surface area contributed by atoms with Crippen LogP contribution in [0.25, 0.3) is 22.1 Å². The fourth-order valence-electron chi connectivity index (χ4n) is 7.12. The fourth-order valence-corrected chi connectivity index (χ4v) is 7.12. The van der Waals surface area contributed by atoms with E-state index in [9.17, 15) is 5.11 Å². The highest BCUT2D eigenvalue weighted by Crippen LogP contribution is 2.42. The number of anilines is 1. The topological polar surface area (TPSA) is 109 Å². The van der Waals surface area contributed by atoms with Crippen molar-refractivity contribution in [1.82, 2.24) is 29.4 Å². The number of aliphatic hydroxyl groups is 1. The van der Waals surface area contributed by atoms with E-state index < -0.39 is 0 Å². The number of nitrogens with one attached hydrogen (secondary N) is 1. The summed E-state index contributed by atoms with van der Waals surface area (Å²) in [5.74, 6) is 2.73. The number of nitrogen functional groups attached to an aromatic ring is 1. The average Bonchev–Trinajstić information content (AvgIpc) is 3.57. The Kier molecular flexibility index (Phi) is 7.11. The van der Waals surface area contributed by atoms with E-state index in [1.165, 1.54) is 31.2 Å². The lowest BCUT2D eigenvalue weighted by Gasteiger charge is -2.46. The van der Waals surface area contributed by atoms with Crippen molar-refractivity contribution >= 4 is 27.9 Å². The Morgan fingerprint density at radius 1 is 1.12 bits per heavy atom. The largest absolute Gasteiger partial charge is 0.393 e. The lowest BCUT2D eigenvalue weighted by atomic mass is 9.76. The normalized spacial score (nSPS) is 25.4. The molecular formula is C32H45N7O. The van der Waals surface area contributed by atoms with Crippen LogP contribution >= 0.6 is 0 Å². The van der Waals surface area contributed by atoms with Gasteiger partial charge in [-0.3, -0.25) is 4.90 Å². The quantitative estimate of drug-likeness (QED) is 0.266. The van der Waals surface area contributed by atoms with Crippen molar-refractivity contribution in [2.24, 2.45) is 11.8 Å². The highest BCUT2D eigenvalue weighted by atomic mass is 16.3. The van der Waals surface area contributed by atoms with Gasteiger partial charge >= 0.3 is 0 Å². The van der Waals surface area contributed by atoms with Crippen molar-refractivity contribution in [3.63, 3.8) is 0 Å². The Hall–Kier alpha value is -2.97. The first-order chi connectivity index (χ1) is 19.1. The van der Waals surface area contributed by atoms with Crippen LogP contribution in [0.5, 0.6) is 0 Å². The number of rotatable bonds is 8. The fraction of sp³-hybridized carbons (Fsp3) is 0.594. The molecule has 2 aliphatic rings. The van der Waals surface area contributed by atoms with Gasteiger partial charge in [0.15, 0.2) is 0 Å². The van der Waals surface area contributed by atoms with Crippen molar-refractivity contribution in [3.8, 4) is 0 Å². The van der Waals surface area contributed by atoms with E-state index >= 15 is 0 Å². The number of hydrogen-bond acceptors (Lipinski definition) is 6. The Bertz CT molecular complexity index is 1480. The highest BCUT2D eigenvalue weighted by molar-refractivity contribution is 5.86. The molecule has 4 aromatic rings. The molecular weight excluding hydrogens is 498 g/mol. The molecule has 3 atom stereocenters. The van der Waals surface area contributed by atoms with Crippen LogP contribution in [-0.2, 0) is 11.8 Å². The molecule has 6 rings (SSSR count). The molecule has 8 heteroatoms. The number of aliphatic hydroxyl groups excluding tert-OH is 1. The number of aromatic amines is 1. The van der Waals surface area contributed by atoms with Gasteiger partial charge in [-0.1, -0.05) is 26.8 Å². The van der Waals surface area contributed by atoms with E-state index in [2.05, 4.69) is 83.4 Å². The number of aromatic nitrogens is 5. The zero-order chi connectivity index (χ0) is 28.2. The zero-order valence-electron chi connectivity index (χ0n) is 24.6. The molecule has 2 saturated carbocycles. The second-order valence-corrected chi connectivity index (χ2v) is 13.7. The zero-order valence-corrected chi connectivity index (χ0v) is 24.6. The lowest BCUT2D eigenvalue weighted by Crippen LogP contribution is -2.50. The third kappa shape index (κ3) is 5.23. The minimum absolute atomic E-state index is 0.136. The van der Waals surface area contributed by atoms with Crippen LogP contribution in [0.15, 0.2) is 36.8 Å². The Morgan fingerprint density at radius 3 is 2.67 bits per heavy atom. The van der Waals surface area contributed by atoms with Gasteiger partial charge in [0.1, 0.15) is 23.6 Å². The van der Waals surface area contributed by atoms with Gasteiger partial charge in [0.2, 0.25) is 0 Å². The van der Waals surface area contributed by atoms with Crippen LogP contribution in [0.4, 0.5) is 5.82 Å². The SMILES string of the molecule is CC(C)N(C[C@H]1C[C@H](O)C[C@H]1n1ccc2c(N)ncnc21)C1CC(CCc2nc3ccc(C(C)(C)C)cc3[nH]2)C1. The Balaban J connectivity index is 1.08. The minimum atomic E-state index is -0.280. The first kappa shape index (κ1) is 27.2. The summed E-state index contributed by atoms with van der Waals surface area (Å²) in [6.45, 7) is 12.4.